The number of benzene rings is 1. The van der Waals surface area contributed by atoms with Crippen LogP contribution in [0.25, 0.3) is 0 Å². The Kier molecular flexibility index (Phi) is 6.34. The van der Waals surface area contributed by atoms with Gasteiger partial charge in [0.1, 0.15) is 5.82 Å². The number of nitrogens with two attached hydrogens (primary N) is 1. The first-order chi connectivity index (χ1) is 11.5. The Morgan fingerprint density at radius 1 is 1.29 bits per heavy atom. The van der Waals surface area contributed by atoms with Crippen molar-refractivity contribution in [2.75, 3.05) is 23.8 Å². The first-order valence-corrected chi connectivity index (χ1v) is 7.93. The summed E-state index contributed by atoms with van der Waals surface area (Å²) in [6, 6.07) is 7.29. The molecule has 0 saturated carbocycles. The topological polar surface area (TPSA) is 108 Å². The molecule has 0 unspecified atom stereocenters. The van der Waals surface area contributed by atoms with E-state index in [-0.39, 0.29) is 18.5 Å². The number of halogens is 1. The number of nitrogens with zero attached hydrogens (tertiary/aromatic N) is 3. The quantitative estimate of drug-likeness (QED) is 0.363. The van der Waals surface area contributed by atoms with Gasteiger partial charge in [-0.2, -0.15) is 9.98 Å². The lowest BCUT2D eigenvalue weighted by molar-refractivity contribution is 0.292. The zero-order chi connectivity index (χ0) is 17.5. The highest BCUT2D eigenvalue weighted by atomic mass is 35.5. The molecule has 2 rings (SSSR count). The summed E-state index contributed by atoms with van der Waals surface area (Å²) in [5, 5.41) is 15.6. The second-order valence-corrected chi connectivity index (χ2v) is 5.69. The molecule has 0 amide bonds. The van der Waals surface area contributed by atoms with Gasteiger partial charge in [-0.15, -0.1) is 0 Å². The molecule has 128 valence electrons. The van der Waals surface area contributed by atoms with Crippen LogP contribution < -0.4 is 16.4 Å². The van der Waals surface area contributed by atoms with E-state index in [1.807, 2.05) is 32.0 Å². The Hall–Kier alpha value is -2.38. The van der Waals surface area contributed by atoms with Crippen molar-refractivity contribution in [1.29, 1.82) is 0 Å². The minimum absolute atomic E-state index is 0.124. The number of aliphatic hydroxyl groups is 1. The van der Waals surface area contributed by atoms with Crippen molar-refractivity contribution in [1.82, 2.24) is 9.97 Å². The van der Waals surface area contributed by atoms with E-state index in [9.17, 15) is 0 Å². The zero-order valence-electron chi connectivity index (χ0n) is 13.7. The molecule has 0 aliphatic carbocycles. The number of rotatable bonds is 6. The van der Waals surface area contributed by atoms with Gasteiger partial charge in [0, 0.05) is 35.6 Å². The molecule has 5 N–H and O–H groups in total. The molecule has 1 aromatic carbocycles. The number of aliphatic hydroxyl groups excluding tert-OH is 1. The molecule has 0 fully saturated rings. The molecular formula is C16H21ClN6O. The number of aromatic nitrogens is 2. The van der Waals surface area contributed by atoms with E-state index in [4.69, 9.17) is 22.4 Å². The monoisotopic (exact) mass is 348 g/mol. The van der Waals surface area contributed by atoms with Crippen molar-refractivity contribution in [2.45, 2.75) is 20.3 Å². The van der Waals surface area contributed by atoms with Gasteiger partial charge in [-0.25, -0.2) is 4.98 Å². The first-order valence-electron chi connectivity index (χ1n) is 7.55. The third kappa shape index (κ3) is 5.36. The van der Waals surface area contributed by atoms with Gasteiger partial charge in [-0.3, -0.25) is 0 Å². The van der Waals surface area contributed by atoms with E-state index < -0.39 is 0 Å². The standard InChI is InChI=1S/C16H21ClN6O/c1-10-8-12(4-5-13(10)17)21-15(18)23-16-20-11(2)9-14(22-16)19-6-3-7-24/h4-5,8-9,24H,3,6-7H2,1-2H3,(H4,18,19,20,21,22,23). The number of aryl methyl sites for hydroxylation is 2. The van der Waals surface area contributed by atoms with Crippen LogP contribution >= 0.6 is 11.6 Å². The highest BCUT2D eigenvalue weighted by Crippen LogP contribution is 2.19. The number of hydrogen-bond donors (Lipinski definition) is 4. The van der Waals surface area contributed by atoms with E-state index in [1.165, 1.54) is 0 Å². The maximum Gasteiger partial charge on any atom is 0.254 e. The van der Waals surface area contributed by atoms with Crippen LogP contribution in [0.3, 0.4) is 0 Å². The summed E-state index contributed by atoms with van der Waals surface area (Å²) in [6.07, 6.45) is 0.640. The summed E-state index contributed by atoms with van der Waals surface area (Å²) >= 11 is 6.00. The van der Waals surface area contributed by atoms with Crippen molar-refractivity contribution < 1.29 is 5.11 Å². The summed E-state index contributed by atoms with van der Waals surface area (Å²) < 4.78 is 0. The number of guanidine groups is 1. The fraction of sp³-hybridized carbons (Fsp3) is 0.312. The lowest BCUT2D eigenvalue weighted by atomic mass is 10.2. The molecule has 0 aliphatic heterocycles. The summed E-state index contributed by atoms with van der Waals surface area (Å²) in [7, 11) is 0. The Bertz CT molecular complexity index is 735. The average molecular weight is 349 g/mol. The van der Waals surface area contributed by atoms with Crippen molar-refractivity contribution >= 4 is 35.0 Å². The number of anilines is 2. The van der Waals surface area contributed by atoms with Crippen LogP contribution in [0.1, 0.15) is 17.7 Å². The third-order valence-corrected chi connectivity index (χ3v) is 3.56. The van der Waals surface area contributed by atoms with Crippen LogP contribution in [0.5, 0.6) is 0 Å². The predicted molar refractivity (Wildman–Crippen MR) is 98.1 cm³/mol. The second-order valence-electron chi connectivity index (χ2n) is 5.28. The lowest BCUT2D eigenvalue weighted by Gasteiger charge is -2.08. The van der Waals surface area contributed by atoms with Crippen molar-refractivity contribution in [2.24, 2.45) is 10.7 Å². The van der Waals surface area contributed by atoms with Gasteiger partial charge < -0.3 is 21.5 Å². The molecule has 0 bridgehead atoms. The normalized spacial score (nSPS) is 11.4. The van der Waals surface area contributed by atoms with Crippen LogP contribution in [0.4, 0.5) is 17.5 Å². The minimum atomic E-state index is 0.124. The van der Waals surface area contributed by atoms with Crippen LogP contribution in [0.2, 0.25) is 5.02 Å². The molecule has 1 aromatic heterocycles. The highest BCUT2D eigenvalue weighted by Gasteiger charge is 2.04. The zero-order valence-corrected chi connectivity index (χ0v) is 14.4. The minimum Gasteiger partial charge on any atom is -0.396 e. The Balaban J connectivity index is 2.12. The second kappa shape index (κ2) is 8.47. The SMILES string of the molecule is Cc1cc(NCCCO)nc(N=C(N)Nc2ccc(Cl)c(C)c2)n1. The maximum atomic E-state index is 8.82. The summed E-state index contributed by atoms with van der Waals surface area (Å²) in [5.74, 6) is 1.09. The van der Waals surface area contributed by atoms with Crippen molar-refractivity contribution in [3.05, 3.63) is 40.5 Å². The Labute approximate surface area is 146 Å². The third-order valence-electron chi connectivity index (χ3n) is 3.13. The van der Waals surface area contributed by atoms with E-state index >= 15 is 0 Å². The van der Waals surface area contributed by atoms with E-state index in [2.05, 4.69) is 25.6 Å². The molecule has 0 saturated heterocycles. The maximum absolute atomic E-state index is 8.82. The summed E-state index contributed by atoms with van der Waals surface area (Å²) in [6.45, 7) is 4.51. The molecule has 0 radical (unpaired) electrons. The summed E-state index contributed by atoms with van der Waals surface area (Å²) in [4.78, 5) is 12.7. The van der Waals surface area contributed by atoms with E-state index in [0.717, 1.165) is 16.9 Å². The van der Waals surface area contributed by atoms with Crippen molar-refractivity contribution in [3.8, 4) is 0 Å². The molecule has 7 nitrogen and oxygen atoms in total. The molecule has 0 atom stereocenters. The van der Waals surface area contributed by atoms with Crippen LogP contribution in [-0.2, 0) is 0 Å². The van der Waals surface area contributed by atoms with Gasteiger partial charge in [0.05, 0.1) is 0 Å². The van der Waals surface area contributed by atoms with Crippen LogP contribution in [-0.4, -0.2) is 34.2 Å². The number of nitrogens with one attached hydrogen (secondary N) is 2. The van der Waals surface area contributed by atoms with Crippen LogP contribution in [0, 0.1) is 13.8 Å². The Morgan fingerprint density at radius 2 is 2.08 bits per heavy atom. The highest BCUT2D eigenvalue weighted by molar-refractivity contribution is 6.31. The van der Waals surface area contributed by atoms with Gasteiger partial charge in [0.15, 0.2) is 0 Å². The number of hydrogen-bond acceptors (Lipinski definition) is 5. The molecular weight excluding hydrogens is 328 g/mol. The lowest BCUT2D eigenvalue weighted by Crippen LogP contribution is -2.22. The number of aliphatic imine (C=N–C) groups is 1. The van der Waals surface area contributed by atoms with Gasteiger partial charge in [-0.1, -0.05) is 11.6 Å². The molecule has 0 aliphatic rings. The summed E-state index contributed by atoms with van der Waals surface area (Å²) in [5.41, 5.74) is 8.41. The molecule has 0 spiro atoms. The fourth-order valence-corrected chi connectivity index (χ4v) is 2.11. The van der Waals surface area contributed by atoms with Gasteiger partial charge >= 0.3 is 0 Å². The average Bonchev–Trinajstić information content (AvgIpc) is 2.50. The van der Waals surface area contributed by atoms with E-state index in [1.54, 1.807) is 6.07 Å². The van der Waals surface area contributed by atoms with Gasteiger partial charge in [0.2, 0.25) is 5.96 Å². The molecule has 24 heavy (non-hydrogen) atoms. The van der Waals surface area contributed by atoms with E-state index in [0.29, 0.717) is 23.8 Å². The smallest absolute Gasteiger partial charge is 0.254 e. The first kappa shape index (κ1) is 18.0. The molecule has 2 aromatic rings. The van der Waals surface area contributed by atoms with Crippen LogP contribution in [0.15, 0.2) is 29.3 Å². The van der Waals surface area contributed by atoms with Crippen molar-refractivity contribution in [3.63, 3.8) is 0 Å². The molecule has 1 heterocycles. The molecule has 8 heteroatoms. The van der Waals surface area contributed by atoms with Gasteiger partial charge in [-0.05, 0) is 44.0 Å². The Morgan fingerprint density at radius 3 is 2.79 bits per heavy atom. The predicted octanol–water partition coefficient (Wildman–Crippen LogP) is 2.60. The fourth-order valence-electron chi connectivity index (χ4n) is 1.99. The van der Waals surface area contributed by atoms with Gasteiger partial charge in [0.25, 0.3) is 5.95 Å². The largest absolute Gasteiger partial charge is 0.396 e.